The first kappa shape index (κ1) is 27.2. The molecule has 4 rings (SSSR count). The van der Waals surface area contributed by atoms with E-state index in [0.717, 1.165) is 41.8 Å². The van der Waals surface area contributed by atoms with Crippen LogP contribution in [0.2, 0.25) is 0 Å². The molecule has 2 N–H and O–H groups in total. The number of anilines is 2. The molecule has 38 heavy (non-hydrogen) atoms. The van der Waals surface area contributed by atoms with E-state index in [4.69, 9.17) is 4.74 Å². The largest absolute Gasteiger partial charge is 0.461 e. The van der Waals surface area contributed by atoms with Crippen LogP contribution in [-0.4, -0.2) is 59.5 Å². The first-order valence-electron chi connectivity index (χ1n) is 12.8. The number of fused-ring (bicyclic) bond motifs is 1. The lowest BCUT2D eigenvalue weighted by Gasteiger charge is -2.18. The van der Waals surface area contributed by atoms with Gasteiger partial charge in [-0.25, -0.2) is 14.8 Å². The molecule has 9 heteroatoms. The highest BCUT2D eigenvalue weighted by Gasteiger charge is 2.20. The normalized spacial score (nSPS) is 11.1. The third-order valence-electron chi connectivity index (χ3n) is 6.40. The number of rotatable bonds is 12. The number of benzene rings is 2. The summed E-state index contributed by atoms with van der Waals surface area (Å²) in [5.74, 6) is 0.143. The molecule has 2 heterocycles. The number of amides is 1. The minimum absolute atomic E-state index is 0.0998. The Kier molecular flexibility index (Phi) is 9.40. The number of ether oxygens (including phenoxy) is 1. The highest BCUT2D eigenvalue weighted by Crippen LogP contribution is 2.34. The fraction of sp³-hybridized carbons (Fsp3) is 0.310. The summed E-state index contributed by atoms with van der Waals surface area (Å²) in [7, 11) is 0. The summed E-state index contributed by atoms with van der Waals surface area (Å²) in [6.07, 6.45) is 2.13. The van der Waals surface area contributed by atoms with Crippen LogP contribution in [0.4, 0.5) is 11.5 Å². The lowest BCUT2D eigenvalue weighted by molar-refractivity contribution is 0.0514. The van der Waals surface area contributed by atoms with E-state index < -0.39 is 0 Å². The van der Waals surface area contributed by atoms with Crippen molar-refractivity contribution in [3.8, 4) is 0 Å². The van der Waals surface area contributed by atoms with Crippen molar-refractivity contribution >= 4 is 44.9 Å². The topological polar surface area (TPSA) is 96.5 Å². The zero-order chi connectivity index (χ0) is 26.9. The maximum atomic E-state index is 12.8. The SMILES string of the molecule is CCN(CC)CCNC(=O)c1ccc(Nc2ncnc3sc(C(=O)OCCc4ccccc4)c(C)c23)cc1. The fourth-order valence-electron chi connectivity index (χ4n) is 4.14. The van der Waals surface area contributed by atoms with E-state index in [1.807, 2.05) is 49.4 Å². The van der Waals surface area contributed by atoms with Crippen LogP contribution in [0.25, 0.3) is 10.2 Å². The van der Waals surface area contributed by atoms with Crippen molar-refractivity contribution in [2.75, 3.05) is 38.1 Å². The van der Waals surface area contributed by atoms with Gasteiger partial charge in [0.2, 0.25) is 0 Å². The van der Waals surface area contributed by atoms with E-state index in [1.54, 1.807) is 12.1 Å². The number of aromatic nitrogens is 2. The summed E-state index contributed by atoms with van der Waals surface area (Å²) >= 11 is 1.30. The fourth-order valence-corrected chi connectivity index (χ4v) is 5.19. The Morgan fingerprint density at radius 3 is 2.45 bits per heavy atom. The van der Waals surface area contributed by atoms with E-state index in [9.17, 15) is 9.59 Å². The van der Waals surface area contributed by atoms with Gasteiger partial charge in [-0.2, -0.15) is 0 Å². The zero-order valence-electron chi connectivity index (χ0n) is 22.0. The molecule has 0 atom stereocenters. The second-order valence-corrected chi connectivity index (χ2v) is 9.81. The van der Waals surface area contributed by atoms with Gasteiger partial charge < -0.3 is 20.3 Å². The molecule has 0 saturated carbocycles. The van der Waals surface area contributed by atoms with Gasteiger partial charge in [-0.3, -0.25) is 4.79 Å². The number of esters is 1. The predicted molar refractivity (Wildman–Crippen MR) is 152 cm³/mol. The minimum Gasteiger partial charge on any atom is -0.461 e. The summed E-state index contributed by atoms with van der Waals surface area (Å²) in [6.45, 7) is 9.76. The predicted octanol–water partition coefficient (Wildman–Crippen LogP) is 5.21. The summed E-state index contributed by atoms with van der Waals surface area (Å²) in [5.41, 5.74) is 3.27. The van der Waals surface area contributed by atoms with Gasteiger partial charge in [-0.05, 0) is 55.4 Å². The average Bonchev–Trinajstić information content (AvgIpc) is 3.29. The van der Waals surface area contributed by atoms with Gasteiger partial charge in [0.15, 0.2) is 0 Å². The van der Waals surface area contributed by atoms with Crippen molar-refractivity contribution in [2.24, 2.45) is 0 Å². The van der Waals surface area contributed by atoms with Gasteiger partial charge in [0.25, 0.3) is 5.91 Å². The van der Waals surface area contributed by atoms with Crippen LogP contribution in [0.1, 0.15) is 45.0 Å². The van der Waals surface area contributed by atoms with Crippen LogP contribution >= 0.6 is 11.3 Å². The molecular weight excluding hydrogens is 498 g/mol. The Morgan fingerprint density at radius 1 is 1.00 bits per heavy atom. The molecule has 4 aromatic rings. The third kappa shape index (κ3) is 6.73. The lowest BCUT2D eigenvalue weighted by atomic mass is 10.1. The van der Waals surface area contributed by atoms with Crippen molar-refractivity contribution in [1.29, 1.82) is 0 Å². The zero-order valence-corrected chi connectivity index (χ0v) is 22.8. The molecule has 0 saturated heterocycles. The Balaban J connectivity index is 1.40. The molecule has 0 aliphatic rings. The Hall–Kier alpha value is -3.82. The first-order valence-corrected chi connectivity index (χ1v) is 13.6. The molecule has 0 unspecified atom stereocenters. The monoisotopic (exact) mass is 531 g/mol. The summed E-state index contributed by atoms with van der Waals surface area (Å²) < 4.78 is 5.55. The summed E-state index contributed by atoms with van der Waals surface area (Å²) in [6, 6.07) is 17.2. The van der Waals surface area contributed by atoms with E-state index in [1.165, 1.54) is 17.7 Å². The van der Waals surface area contributed by atoms with Crippen LogP contribution in [0.3, 0.4) is 0 Å². The van der Waals surface area contributed by atoms with Crippen LogP contribution in [0.15, 0.2) is 60.9 Å². The number of nitrogens with one attached hydrogen (secondary N) is 2. The van der Waals surface area contributed by atoms with Crippen molar-refractivity contribution in [2.45, 2.75) is 27.2 Å². The molecule has 2 aromatic heterocycles. The molecule has 0 radical (unpaired) electrons. The van der Waals surface area contributed by atoms with Crippen molar-refractivity contribution in [3.05, 3.63) is 82.5 Å². The van der Waals surface area contributed by atoms with E-state index in [2.05, 4.69) is 39.3 Å². The number of hydrogen-bond acceptors (Lipinski definition) is 8. The van der Waals surface area contributed by atoms with Crippen LogP contribution in [-0.2, 0) is 11.2 Å². The second-order valence-electron chi connectivity index (χ2n) is 8.82. The highest BCUT2D eigenvalue weighted by atomic mass is 32.1. The van der Waals surface area contributed by atoms with Gasteiger partial charge in [0.05, 0.1) is 12.0 Å². The van der Waals surface area contributed by atoms with Gasteiger partial charge in [0, 0.05) is 30.8 Å². The Morgan fingerprint density at radius 2 is 1.74 bits per heavy atom. The minimum atomic E-state index is -0.358. The molecule has 0 aliphatic carbocycles. The summed E-state index contributed by atoms with van der Waals surface area (Å²) in [5, 5.41) is 7.06. The Bertz CT molecular complexity index is 1370. The van der Waals surface area contributed by atoms with Crippen LogP contribution in [0.5, 0.6) is 0 Å². The molecule has 0 bridgehead atoms. The van der Waals surface area contributed by atoms with Crippen molar-refractivity contribution in [3.63, 3.8) is 0 Å². The number of hydrogen-bond donors (Lipinski definition) is 2. The number of carbonyl (C=O) groups excluding carboxylic acids is 2. The maximum Gasteiger partial charge on any atom is 0.348 e. The molecule has 1 amide bonds. The quantitative estimate of drug-likeness (QED) is 0.242. The van der Waals surface area contributed by atoms with Crippen molar-refractivity contribution in [1.82, 2.24) is 20.2 Å². The van der Waals surface area contributed by atoms with Crippen LogP contribution < -0.4 is 10.6 Å². The van der Waals surface area contributed by atoms with E-state index >= 15 is 0 Å². The highest BCUT2D eigenvalue weighted by molar-refractivity contribution is 7.20. The molecular formula is C29H33N5O3S. The van der Waals surface area contributed by atoms with Gasteiger partial charge in [-0.1, -0.05) is 44.2 Å². The first-order chi connectivity index (χ1) is 18.5. The molecule has 0 spiro atoms. The molecule has 2 aromatic carbocycles. The number of aryl methyl sites for hydroxylation is 1. The smallest absolute Gasteiger partial charge is 0.348 e. The molecule has 0 aliphatic heterocycles. The van der Waals surface area contributed by atoms with Crippen molar-refractivity contribution < 1.29 is 14.3 Å². The Labute approximate surface area is 227 Å². The van der Waals surface area contributed by atoms with Gasteiger partial charge in [-0.15, -0.1) is 11.3 Å². The second kappa shape index (κ2) is 13.1. The molecule has 8 nitrogen and oxygen atoms in total. The molecule has 0 fully saturated rings. The summed E-state index contributed by atoms with van der Waals surface area (Å²) in [4.78, 5) is 37.6. The number of nitrogens with zero attached hydrogens (tertiary/aromatic N) is 3. The average molecular weight is 532 g/mol. The molecule has 198 valence electrons. The van der Waals surface area contributed by atoms with Gasteiger partial charge >= 0.3 is 5.97 Å². The third-order valence-corrected chi connectivity index (χ3v) is 7.58. The number of carbonyl (C=O) groups is 2. The number of thiophene rings is 1. The lowest BCUT2D eigenvalue weighted by Crippen LogP contribution is -2.34. The number of likely N-dealkylation sites (N-methyl/N-ethyl adjacent to an activating group) is 1. The van der Waals surface area contributed by atoms with Gasteiger partial charge in [0.1, 0.15) is 21.9 Å². The maximum absolute atomic E-state index is 12.8. The van der Waals surface area contributed by atoms with Crippen LogP contribution in [0, 0.1) is 6.92 Å². The standard InChI is InChI=1S/C29H33N5O3S/c1-4-34(5-2)17-16-30-27(35)22-11-13-23(14-12-22)33-26-24-20(3)25(38-28(24)32-19-31-26)29(36)37-18-15-21-9-7-6-8-10-21/h6-14,19H,4-5,15-18H2,1-3H3,(H,30,35)(H,31,32,33). The van der Waals surface area contributed by atoms with E-state index in [-0.39, 0.29) is 11.9 Å². The van der Waals surface area contributed by atoms with E-state index in [0.29, 0.717) is 40.7 Å².